The number of amides is 1. The summed E-state index contributed by atoms with van der Waals surface area (Å²) in [5.74, 6) is 0.901. The highest BCUT2D eigenvalue weighted by molar-refractivity contribution is 7.89. The molecular formula is C26H27N3O5S2. The Morgan fingerprint density at radius 3 is 2.19 bits per heavy atom. The van der Waals surface area contributed by atoms with E-state index in [2.05, 4.69) is 10.6 Å². The second-order valence-corrected chi connectivity index (χ2v) is 10.4. The molecule has 0 saturated carbocycles. The van der Waals surface area contributed by atoms with Crippen LogP contribution >= 0.6 is 12.2 Å². The van der Waals surface area contributed by atoms with E-state index in [4.69, 9.17) is 21.7 Å². The fraction of sp³-hybridized carbons (Fsp3) is 0.231. The summed E-state index contributed by atoms with van der Waals surface area (Å²) in [6.07, 6.45) is 1.76. The second kappa shape index (κ2) is 12.0. The van der Waals surface area contributed by atoms with Gasteiger partial charge in [-0.05, 0) is 79.7 Å². The van der Waals surface area contributed by atoms with E-state index in [-0.39, 0.29) is 10.0 Å². The van der Waals surface area contributed by atoms with Crippen molar-refractivity contribution in [1.82, 2.24) is 9.62 Å². The minimum Gasteiger partial charge on any atom is -0.490 e. The number of anilines is 1. The summed E-state index contributed by atoms with van der Waals surface area (Å²) in [5, 5.41) is 5.63. The quantitative estimate of drug-likeness (QED) is 0.321. The number of nitrogens with zero attached hydrogens (tertiary/aromatic N) is 1. The minimum atomic E-state index is -3.48. The predicted molar refractivity (Wildman–Crippen MR) is 142 cm³/mol. The number of sulfonamides is 1. The summed E-state index contributed by atoms with van der Waals surface area (Å²) in [7, 11) is -3.48. The van der Waals surface area contributed by atoms with Gasteiger partial charge in [-0.1, -0.05) is 24.3 Å². The van der Waals surface area contributed by atoms with Gasteiger partial charge < -0.3 is 14.8 Å². The third kappa shape index (κ3) is 6.81. The van der Waals surface area contributed by atoms with Crippen LogP contribution in [0.1, 0.15) is 23.2 Å². The van der Waals surface area contributed by atoms with Crippen LogP contribution in [-0.2, 0) is 10.0 Å². The number of hydrogen-bond acceptors (Lipinski definition) is 6. The molecule has 188 valence electrons. The van der Waals surface area contributed by atoms with E-state index in [0.29, 0.717) is 43.3 Å². The predicted octanol–water partition coefficient (Wildman–Crippen LogP) is 4.06. The number of benzene rings is 3. The number of carbonyl (C=O) groups is 1. The van der Waals surface area contributed by atoms with Crippen molar-refractivity contribution in [3.8, 4) is 11.5 Å². The minimum absolute atomic E-state index is 0.0951. The number of thiocarbonyl (C=S) groups is 1. The lowest BCUT2D eigenvalue weighted by Gasteiger charge is -2.16. The summed E-state index contributed by atoms with van der Waals surface area (Å²) in [4.78, 5) is 12.9. The average Bonchev–Trinajstić information content (AvgIpc) is 3.44. The molecule has 2 N–H and O–H groups in total. The molecular weight excluding hydrogens is 498 g/mol. The van der Waals surface area contributed by atoms with Crippen LogP contribution in [0.25, 0.3) is 0 Å². The summed E-state index contributed by atoms with van der Waals surface area (Å²) in [6, 6.07) is 22.5. The summed E-state index contributed by atoms with van der Waals surface area (Å²) < 4.78 is 38.1. The summed E-state index contributed by atoms with van der Waals surface area (Å²) in [6.45, 7) is 1.79. The molecule has 1 aliphatic rings. The molecule has 10 heteroatoms. The maximum atomic E-state index is 12.7. The van der Waals surface area contributed by atoms with Gasteiger partial charge in [0.25, 0.3) is 5.91 Å². The number of para-hydroxylation sites is 1. The van der Waals surface area contributed by atoms with Crippen molar-refractivity contribution in [2.24, 2.45) is 0 Å². The first-order chi connectivity index (χ1) is 17.4. The summed E-state index contributed by atoms with van der Waals surface area (Å²) >= 11 is 5.25. The monoisotopic (exact) mass is 525 g/mol. The van der Waals surface area contributed by atoms with E-state index in [1.807, 2.05) is 30.3 Å². The van der Waals surface area contributed by atoms with Crippen molar-refractivity contribution in [3.05, 3.63) is 84.4 Å². The number of hydrogen-bond donors (Lipinski definition) is 2. The molecule has 3 aromatic rings. The molecule has 1 saturated heterocycles. The van der Waals surface area contributed by atoms with Crippen LogP contribution in [0.5, 0.6) is 11.5 Å². The van der Waals surface area contributed by atoms with Crippen molar-refractivity contribution in [2.45, 2.75) is 17.7 Å². The number of nitrogens with one attached hydrogen (secondary N) is 2. The Morgan fingerprint density at radius 1 is 0.861 bits per heavy atom. The molecule has 0 spiro atoms. The molecule has 4 rings (SSSR count). The maximum Gasteiger partial charge on any atom is 0.257 e. The van der Waals surface area contributed by atoms with Crippen LogP contribution < -0.4 is 20.1 Å². The van der Waals surface area contributed by atoms with Crippen LogP contribution in [0, 0.1) is 0 Å². The van der Waals surface area contributed by atoms with E-state index < -0.39 is 15.9 Å². The average molecular weight is 526 g/mol. The summed E-state index contributed by atoms with van der Waals surface area (Å²) in [5.41, 5.74) is 0.948. The van der Waals surface area contributed by atoms with Gasteiger partial charge in [0.2, 0.25) is 10.0 Å². The molecule has 0 atom stereocenters. The lowest BCUT2D eigenvalue weighted by molar-refractivity contribution is 0.0977. The topological polar surface area (TPSA) is 97.0 Å². The van der Waals surface area contributed by atoms with E-state index in [1.165, 1.54) is 16.4 Å². The molecule has 1 heterocycles. The van der Waals surface area contributed by atoms with Crippen LogP contribution in [0.15, 0.2) is 83.8 Å². The van der Waals surface area contributed by atoms with Gasteiger partial charge in [0.05, 0.1) is 4.90 Å². The van der Waals surface area contributed by atoms with Gasteiger partial charge in [-0.25, -0.2) is 8.42 Å². The molecule has 0 unspecified atom stereocenters. The Bertz CT molecular complexity index is 1290. The number of carbonyl (C=O) groups excluding carboxylic acids is 1. The van der Waals surface area contributed by atoms with Gasteiger partial charge in [0, 0.05) is 24.3 Å². The molecule has 0 aromatic heterocycles. The second-order valence-electron chi connectivity index (χ2n) is 8.08. The third-order valence-corrected chi connectivity index (χ3v) is 7.62. The molecule has 0 radical (unpaired) electrons. The van der Waals surface area contributed by atoms with E-state index in [1.54, 1.807) is 36.4 Å². The Morgan fingerprint density at radius 2 is 1.50 bits per heavy atom. The molecule has 1 fully saturated rings. The van der Waals surface area contributed by atoms with Gasteiger partial charge in [0.1, 0.15) is 24.7 Å². The van der Waals surface area contributed by atoms with Gasteiger partial charge in [-0.15, -0.1) is 0 Å². The fourth-order valence-electron chi connectivity index (χ4n) is 3.69. The Balaban J connectivity index is 1.26. The molecule has 36 heavy (non-hydrogen) atoms. The lowest BCUT2D eigenvalue weighted by Crippen LogP contribution is -2.34. The number of ether oxygens (including phenoxy) is 2. The number of rotatable bonds is 9. The lowest BCUT2D eigenvalue weighted by atomic mass is 10.2. The smallest absolute Gasteiger partial charge is 0.257 e. The van der Waals surface area contributed by atoms with Gasteiger partial charge in [-0.2, -0.15) is 4.31 Å². The van der Waals surface area contributed by atoms with Crippen molar-refractivity contribution < 1.29 is 22.7 Å². The first-order valence-electron chi connectivity index (χ1n) is 11.5. The molecule has 8 nitrogen and oxygen atoms in total. The zero-order valence-electron chi connectivity index (χ0n) is 19.6. The van der Waals surface area contributed by atoms with Gasteiger partial charge >= 0.3 is 0 Å². The van der Waals surface area contributed by atoms with Gasteiger partial charge in [0.15, 0.2) is 5.11 Å². The molecule has 1 amide bonds. The Labute approximate surface area is 216 Å². The van der Waals surface area contributed by atoms with E-state index >= 15 is 0 Å². The van der Waals surface area contributed by atoms with E-state index in [9.17, 15) is 13.2 Å². The zero-order valence-corrected chi connectivity index (χ0v) is 21.2. The Kier molecular flexibility index (Phi) is 8.52. The zero-order chi connectivity index (χ0) is 25.4. The van der Waals surface area contributed by atoms with Crippen molar-refractivity contribution in [3.63, 3.8) is 0 Å². The molecule has 1 aliphatic heterocycles. The highest BCUT2D eigenvalue weighted by Gasteiger charge is 2.26. The third-order valence-electron chi connectivity index (χ3n) is 5.50. The normalized spacial score (nSPS) is 13.7. The fourth-order valence-corrected chi connectivity index (χ4v) is 5.42. The van der Waals surface area contributed by atoms with Crippen LogP contribution in [0.4, 0.5) is 5.69 Å². The van der Waals surface area contributed by atoms with E-state index in [0.717, 1.165) is 18.6 Å². The molecule has 3 aromatic carbocycles. The largest absolute Gasteiger partial charge is 0.490 e. The van der Waals surface area contributed by atoms with Crippen molar-refractivity contribution in [2.75, 3.05) is 31.6 Å². The SMILES string of the molecule is O=C(NC(=S)Nc1ccc(S(=O)(=O)N2CCCC2)cc1)c1cccc(OCCOc2ccccc2)c1. The van der Waals surface area contributed by atoms with Crippen LogP contribution in [0.3, 0.4) is 0 Å². The van der Waals surface area contributed by atoms with Crippen molar-refractivity contribution in [1.29, 1.82) is 0 Å². The van der Waals surface area contributed by atoms with Gasteiger partial charge in [-0.3, -0.25) is 10.1 Å². The maximum absolute atomic E-state index is 12.7. The highest BCUT2D eigenvalue weighted by Crippen LogP contribution is 2.22. The molecule has 0 bridgehead atoms. The standard InChI is InChI=1S/C26H27N3O5S2/c30-25(20-7-6-10-23(19-20)34-18-17-33-22-8-2-1-3-9-22)28-26(35)27-21-11-13-24(14-12-21)36(31,32)29-15-4-5-16-29/h1-3,6-14,19H,4-5,15-18H2,(H2,27,28,30,35). The van der Waals surface area contributed by atoms with Crippen LogP contribution in [-0.4, -0.2) is 50.0 Å². The van der Waals surface area contributed by atoms with Crippen LogP contribution in [0.2, 0.25) is 0 Å². The first-order valence-corrected chi connectivity index (χ1v) is 13.4. The molecule has 0 aliphatic carbocycles. The first kappa shape index (κ1) is 25.6. The Hall–Kier alpha value is -3.47. The van der Waals surface area contributed by atoms with Crippen molar-refractivity contribution >= 4 is 38.9 Å². The highest BCUT2D eigenvalue weighted by atomic mass is 32.2.